The molecule has 12 heteroatoms. The van der Waals surface area contributed by atoms with Gasteiger partial charge in [0.05, 0.1) is 24.9 Å². The zero-order valence-corrected chi connectivity index (χ0v) is 23.6. The standard InChI is InChI=1S/C27H44O11S/c1-13(28)21-19(37-25-24(32)23(31)22(30)20(38-25)12-36-39(33,34)35)11-18-16-5-4-14-10-15(29)6-8-26(14,2)17(16)7-9-27(18,21)3/h4,13,15-25,28-32H,5-12H2,1-3H3,(H,33,34,35)/p-1/t13-,15-,16+,17-,18-,19+,20+,21-,22+,23-,24+,25+,26-,27-/m0/s1. The minimum Gasteiger partial charge on any atom is -0.726 e. The Morgan fingerprint density at radius 3 is 2.49 bits per heavy atom. The Morgan fingerprint density at radius 2 is 1.82 bits per heavy atom. The third-order valence-corrected chi connectivity index (χ3v) is 11.5. The van der Waals surface area contributed by atoms with Crippen LogP contribution in [0, 0.1) is 34.5 Å². The average molecular weight is 576 g/mol. The molecule has 1 heterocycles. The van der Waals surface area contributed by atoms with E-state index in [0.717, 1.165) is 38.5 Å². The van der Waals surface area contributed by atoms with E-state index < -0.39 is 59.9 Å². The molecule has 4 aliphatic carbocycles. The van der Waals surface area contributed by atoms with Gasteiger partial charge in [0.15, 0.2) is 6.29 Å². The highest BCUT2D eigenvalue weighted by Gasteiger charge is 2.63. The minimum atomic E-state index is -5.07. The van der Waals surface area contributed by atoms with E-state index in [1.165, 1.54) is 5.57 Å². The van der Waals surface area contributed by atoms with Crippen molar-refractivity contribution in [2.75, 3.05) is 6.61 Å². The molecule has 0 bridgehead atoms. The lowest BCUT2D eigenvalue weighted by atomic mass is 9.47. The molecule has 14 atom stereocenters. The van der Waals surface area contributed by atoms with Crippen molar-refractivity contribution in [3.8, 4) is 0 Å². The Morgan fingerprint density at radius 1 is 1.10 bits per heavy atom. The predicted molar refractivity (Wildman–Crippen MR) is 135 cm³/mol. The Kier molecular flexibility index (Phi) is 8.07. The fraction of sp³-hybridized carbons (Fsp3) is 0.926. The first-order valence-corrected chi connectivity index (χ1v) is 15.5. The molecule has 3 saturated carbocycles. The molecule has 0 aromatic rings. The number of hydrogen-bond acceptors (Lipinski definition) is 11. The van der Waals surface area contributed by atoms with Gasteiger partial charge in [0, 0.05) is 5.92 Å². The molecular weight excluding hydrogens is 532 g/mol. The number of allylic oxidation sites excluding steroid dienone is 1. The van der Waals surface area contributed by atoms with Gasteiger partial charge < -0.3 is 39.6 Å². The van der Waals surface area contributed by atoms with Crippen LogP contribution in [0.1, 0.15) is 65.7 Å². The maximum atomic E-state index is 11.0. The lowest BCUT2D eigenvalue weighted by Gasteiger charge is -2.58. The van der Waals surface area contributed by atoms with E-state index in [4.69, 9.17) is 9.47 Å². The Balaban J connectivity index is 1.37. The summed E-state index contributed by atoms with van der Waals surface area (Å²) in [5, 5.41) is 52.6. The van der Waals surface area contributed by atoms with Gasteiger partial charge in [0.2, 0.25) is 10.4 Å². The molecule has 1 saturated heterocycles. The highest BCUT2D eigenvalue weighted by Crippen LogP contribution is 2.67. The zero-order chi connectivity index (χ0) is 28.5. The summed E-state index contributed by atoms with van der Waals surface area (Å²) in [4.78, 5) is 0. The topological polar surface area (TPSA) is 186 Å². The van der Waals surface area contributed by atoms with Gasteiger partial charge in [-0.3, -0.25) is 4.18 Å². The summed E-state index contributed by atoms with van der Waals surface area (Å²) in [6, 6.07) is 0. The van der Waals surface area contributed by atoms with Crippen molar-refractivity contribution in [1.82, 2.24) is 0 Å². The maximum Gasteiger partial charge on any atom is 0.217 e. The van der Waals surface area contributed by atoms with Crippen molar-refractivity contribution in [3.63, 3.8) is 0 Å². The van der Waals surface area contributed by atoms with Gasteiger partial charge in [-0.1, -0.05) is 25.5 Å². The average Bonchev–Trinajstić information content (AvgIpc) is 3.15. The highest BCUT2D eigenvalue weighted by molar-refractivity contribution is 7.80. The van der Waals surface area contributed by atoms with Crippen LogP contribution in [0.3, 0.4) is 0 Å². The quantitative estimate of drug-likeness (QED) is 0.169. The van der Waals surface area contributed by atoms with E-state index in [1.807, 2.05) is 0 Å². The van der Waals surface area contributed by atoms with Crippen molar-refractivity contribution < 1.29 is 52.2 Å². The molecule has 5 aliphatic rings. The monoisotopic (exact) mass is 575 g/mol. The van der Waals surface area contributed by atoms with Crippen LogP contribution < -0.4 is 0 Å². The predicted octanol–water partition coefficient (Wildman–Crippen LogP) is 0.587. The van der Waals surface area contributed by atoms with Gasteiger partial charge in [-0.15, -0.1) is 0 Å². The first-order valence-electron chi connectivity index (χ1n) is 14.2. The highest BCUT2D eigenvalue weighted by atomic mass is 32.3. The summed E-state index contributed by atoms with van der Waals surface area (Å²) < 4.78 is 48.9. The molecule has 4 fully saturated rings. The lowest BCUT2D eigenvalue weighted by molar-refractivity contribution is -0.315. The van der Waals surface area contributed by atoms with Crippen LogP contribution >= 0.6 is 0 Å². The van der Waals surface area contributed by atoms with Crippen molar-refractivity contribution in [1.29, 1.82) is 0 Å². The zero-order valence-electron chi connectivity index (χ0n) is 22.8. The maximum absolute atomic E-state index is 11.0. The summed E-state index contributed by atoms with van der Waals surface area (Å²) in [6.07, 6.45) is -1.22. The summed E-state index contributed by atoms with van der Waals surface area (Å²) in [5.41, 5.74) is 1.16. The second-order valence-electron chi connectivity index (χ2n) is 13.1. The van der Waals surface area contributed by atoms with Gasteiger partial charge in [0.25, 0.3) is 0 Å². The van der Waals surface area contributed by atoms with E-state index in [9.17, 15) is 38.5 Å². The normalized spacial score (nSPS) is 50.9. The summed E-state index contributed by atoms with van der Waals surface area (Å²) in [6.45, 7) is 5.43. The van der Waals surface area contributed by atoms with Gasteiger partial charge in [-0.05, 0) is 80.5 Å². The first kappa shape index (κ1) is 29.8. The van der Waals surface area contributed by atoms with E-state index >= 15 is 0 Å². The molecule has 0 amide bonds. The number of hydrogen-bond donors (Lipinski definition) is 5. The van der Waals surface area contributed by atoms with Crippen molar-refractivity contribution in [3.05, 3.63) is 11.6 Å². The molecular formula is C27H43O11S-. The Bertz CT molecular complexity index is 1050. The van der Waals surface area contributed by atoms with Crippen LogP contribution in [-0.4, -0.2) is 94.1 Å². The van der Waals surface area contributed by atoms with E-state index in [1.54, 1.807) is 6.92 Å². The first-order chi connectivity index (χ1) is 18.2. The smallest absolute Gasteiger partial charge is 0.217 e. The molecule has 0 aromatic carbocycles. The Hall–Kier alpha value is -0.670. The van der Waals surface area contributed by atoms with Crippen LogP contribution in [0.4, 0.5) is 0 Å². The third-order valence-electron chi connectivity index (χ3n) is 11.0. The van der Waals surface area contributed by atoms with Crippen molar-refractivity contribution in [2.45, 2.75) is 115 Å². The largest absolute Gasteiger partial charge is 0.726 e. The molecule has 1 aliphatic heterocycles. The van der Waals surface area contributed by atoms with Crippen LogP contribution in [0.2, 0.25) is 0 Å². The van der Waals surface area contributed by atoms with Crippen LogP contribution in [-0.2, 0) is 24.1 Å². The third kappa shape index (κ3) is 5.24. The fourth-order valence-electron chi connectivity index (χ4n) is 9.16. The number of ether oxygens (including phenoxy) is 2. The minimum absolute atomic E-state index is 0.0425. The van der Waals surface area contributed by atoms with Gasteiger partial charge in [-0.2, -0.15) is 0 Å². The van der Waals surface area contributed by atoms with E-state index in [-0.39, 0.29) is 28.8 Å². The van der Waals surface area contributed by atoms with Crippen LogP contribution in [0.25, 0.3) is 0 Å². The van der Waals surface area contributed by atoms with Crippen LogP contribution in [0.15, 0.2) is 11.6 Å². The molecule has 0 unspecified atom stereocenters. The number of fused-ring (bicyclic) bond motifs is 5. The summed E-state index contributed by atoms with van der Waals surface area (Å²) in [5.74, 6) is 0.769. The number of aliphatic hydroxyl groups is 5. The van der Waals surface area contributed by atoms with E-state index in [0.29, 0.717) is 18.3 Å². The summed E-state index contributed by atoms with van der Waals surface area (Å²) >= 11 is 0. The molecule has 11 nitrogen and oxygen atoms in total. The molecule has 0 radical (unpaired) electrons. The molecule has 0 spiro atoms. The molecule has 5 N–H and O–H groups in total. The molecule has 39 heavy (non-hydrogen) atoms. The van der Waals surface area contributed by atoms with Crippen molar-refractivity contribution in [2.24, 2.45) is 34.5 Å². The molecule has 5 rings (SSSR count). The second-order valence-corrected chi connectivity index (χ2v) is 14.1. The molecule has 224 valence electrons. The summed E-state index contributed by atoms with van der Waals surface area (Å²) in [7, 11) is -5.07. The van der Waals surface area contributed by atoms with Gasteiger partial charge in [0.1, 0.15) is 24.4 Å². The fourth-order valence-corrected chi connectivity index (χ4v) is 9.46. The molecule has 0 aromatic heterocycles. The second kappa shape index (κ2) is 10.6. The number of aliphatic hydroxyl groups excluding tert-OH is 5. The SMILES string of the molecule is C[C@H](O)[C@H]1[C@H](O[C@@H]2O[C@H](COS(=O)(=O)[O-])[C@@H](O)[C@H](O)[C@H]2O)C[C@H]2[C@@H]3CC=C4C[C@@H](O)CC[C@]4(C)[C@H]3CC[C@]12C. The lowest BCUT2D eigenvalue weighted by Crippen LogP contribution is -2.60. The Labute approximate surface area is 230 Å². The number of rotatable bonds is 6. The van der Waals surface area contributed by atoms with Crippen LogP contribution in [0.5, 0.6) is 0 Å². The van der Waals surface area contributed by atoms with E-state index in [2.05, 4.69) is 24.1 Å². The van der Waals surface area contributed by atoms with Gasteiger partial charge in [-0.25, -0.2) is 8.42 Å². The van der Waals surface area contributed by atoms with Crippen molar-refractivity contribution >= 4 is 10.4 Å². The van der Waals surface area contributed by atoms with Gasteiger partial charge >= 0.3 is 0 Å².